The van der Waals surface area contributed by atoms with Gasteiger partial charge >= 0.3 is 0 Å². The summed E-state index contributed by atoms with van der Waals surface area (Å²) in [5.74, 6) is 0.299. The third kappa shape index (κ3) is 3.96. The number of carbonyl (C=O) groups is 2. The summed E-state index contributed by atoms with van der Waals surface area (Å²) in [5.41, 5.74) is 4.66. The molecule has 3 heterocycles. The monoisotopic (exact) mass is 411 g/mol. The van der Waals surface area contributed by atoms with Crippen molar-refractivity contribution in [3.8, 4) is 0 Å². The minimum Gasteiger partial charge on any atom is -0.464 e. The van der Waals surface area contributed by atoms with Crippen LogP contribution in [0.25, 0.3) is 11.0 Å². The minimum absolute atomic E-state index is 0.136. The molecule has 2 fully saturated rings. The summed E-state index contributed by atoms with van der Waals surface area (Å²) in [4.78, 5) is 31.3. The summed E-state index contributed by atoms with van der Waals surface area (Å²) >= 11 is 0. The van der Waals surface area contributed by atoms with Crippen LogP contribution < -0.4 is 0 Å². The van der Waals surface area contributed by atoms with Crippen molar-refractivity contribution in [2.75, 3.05) is 59.0 Å². The zero-order valence-corrected chi connectivity index (χ0v) is 17.4. The Morgan fingerprint density at radius 1 is 0.867 bits per heavy atom. The highest BCUT2D eigenvalue weighted by molar-refractivity contribution is 5.88. The fourth-order valence-electron chi connectivity index (χ4n) is 4.82. The van der Waals surface area contributed by atoms with Gasteiger partial charge < -0.3 is 19.0 Å². The van der Waals surface area contributed by atoms with Gasteiger partial charge in [-0.1, -0.05) is 0 Å². The number of morpholine rings is 1. The van der Waals surface area contributed by atoms with Gasteiger partial charge in [0.15, 0.2) is 0 Å². The highest BCUT2D eigenvalue weighted by atomic mass is 16.5. The first-order valence-electron chi connectivity index (χ1n) is 11.0. The molecule has 0 unspecified atom stereocenters. The summed E-state index contributed by atoms with van der Waals surface area (Å²) in [5, 5.41) is 1.08. The van der Waals surface area contributed by atoms with Crippen molar-refractivity contribution >= 4 is 22.8 Å². The Morgan fingerprint density at radius 3 is 2.33 bits per heavy atom. The number of hydrogen-bond acceptors (Lipinski definition) is 5. The number of nitrogens with zero attached hydrogens (tertiary/aromatic N) is 3. The van der Waals surface area contributed by atoms with Crippen molar-refractivity contribution in [1.29, 1.82) is 0 Å². The van der Waals surface area contributed by atoms with E-state index in [0.717, 1.165) is 42.5 Å². The molecule has 0 saturated carbocycles. The van der Waals surface area contributed by atoms with E-state index in [2.05, 4.69) is 17.0 Å². The molecule has 2 aromatic rings. The van der Waals surface area contributed by atoms with E-state index in [4.69, 9.17) is 9.15 Å². The molecule has 0 radical (unpaired) electrons. The summed E-state index contributed by atoms with van der Waals surface area (Å²) in [6, 6.07) is 4.37. The minimum atomic E-state index is 0.136. The maximum atomic E-state index is 12.9. The van der Waals surface area contributed by atoms with Crippen molar-refractivity contribution in [2.24, 2.45) is 0 Å². The van der Waals surface area contributed by atoms with Gasteiger partial charge in [-0.3, -0.25) is 14.5 Å². The number of ether oxygens (including phenoxy) is 1. The third-order valence-electron chi connectivity index (χ3n) is 6.66. The number of aryl methyl sites for hydroxylation is 2. The second kappa shape index (κ2) is 8.40. The number of furan rings is 1. The van der Waals surface area contributed by atoms with E-state index in [1.54, 1.807) is 6.26 Å². The van der Waals surface area contributed by atoms with E-state index >= 15 is 0 Å². The molecule has 0 bridgehead atoms. The smallest absolute Gasteiger partial charge is 0.236 e. The maximum absolute atomic E-state index is 12.9. The Kier molecular flexibility index (Phi) is 5.48. The van der Waals surface area contributed by atoms with Gasteiger partial charge in [0.05, 0.1) is 32.4 Å². The average molecular weight is 412 g/mol. The van der Waals surface area contributed by atoms with Crippen LogP contribution in [-0.4, -0.2) is 85.5 Å². The van der Waals surface area contributed by atoms with Crippen LogP contribution >= 0.6 is 0 Å². The molecule has 30 heavy (non-hydrogen) atoms. The summed E-state index contributed by atoms with van der Waals surface area (Å²) in [6.45, 7) is 5.85. The van der Waals surface area contributed by atoms with Crippen LogP contribution in [0.5, 0.6) is 0 Å². The molecule has 1 aromatic carbocycles. The Bertz CT molecular complexity index is 939. The molecule has 2 saturated heterocycles. The standard InChI is InChI=1S/C23H29N3O4/c27-22(14-19-16-30-21-13-18-3-1-2-17(18)12-20(19)21)25-6-4-24(5-7-25)15-23(28)26-8-10-29-11-9-26/h12-13,16H,1-11,14-15H2. The molecular formula is C23H29N3O4. The van der Waals surface area contributed by atoms with Gasteiger partial charge in [-0.25, -0.2) is 0 Å². The number of carbonyl (C=O) groups excluding carboxylic acids is 2. The quantitative estimate of drug-likeness (QED) is 0.762. The second-order valence-corrected chi connectivity index (χ2v) is 8.56. The molecule has 7 nitrogen and oxygen atoms in total. The van der Waals surface area contributed by atoms with E-state index in [1.165, 1.54) is 17.5 Å². The van der Waals surface area contributed by atoms with Crippen molar-refractivity contribution in [3.63, 3.8) is 0 Å². The Morgan fingerprint density at radius 2 is 1.57 bits per heavy atom. The van der Waals surface area contributed by atoms with E-state index < -0.39 is 0 Å². The topological polar surface area (TPSA) is 66.2 Å². The van der Waals surface area contributed by atoms with Crippen LogP contribution in [0.3, 0.4) is 0 Å². The van der Waals surface area contributed by atoms with Gasteiger partial charge in [0.25, 0.3) is 0 Å². The van der Waals surface area contributed by atoms with Gasteiger partial charge in [0, 0.05) is 50.2 Å². The second-order valence-electron chi connectivity index (χ2n) is 8.56. The fourth-order valence-corrected chi connectivity index (χ4v) is 4.82. The SMILES string of the molecule is O=C(Cc1coc2cc3c(cc12)CCC3)N1CCN(CC(=O)N2CCOCC2)CC1. The molecule has 0 atom stereocenters. The molecule has 0 N–H and O–H groups in total. The van der Waals surface area contributed by atoms with Crippen LogP contribution in [0, 0.1) is 0 Å². The fraction of sp³-hybridized carbons (Fsp3) is 0.565. The van der Waals surface area contributed by atoms with E-state index in [0.29, 0.717) is 52.4 Å². The van der Waals surface area contributed by atoms with Gasteiger partial charge in [0.1, 0.15) is 5.58 Å². The van der Waals surface area contributed by atoms with Crippen molar-refractivity contribution in [3.05, 3.63) is 35.1 Å². The highest BCUT2D eigenvalue weighted by Gasteiger charge is 2.26. The van der Waals surface area contributed by atoms with Crippen LogP contribution in [0.2, 0.25) is 0 Å². The zero-order valence-electron chi connectivity index (χ0n) is 17.4. The predicted molar refractivity (Wildman–Crippen MR) is 112 cm³/mol. The summed E-state index contributed by atoms with van der Waals surface area (Å²) in [6.07, 6.45) is 5.57. The van der Waals surface area contributed by atoms with Gasteiger partial charge in [-0.2, -0.15) is 0 Å². The molecule has 2 amide bonds. The van der Waals surface area contributed by atoms with Crippen molar-refractivity contribution < 1.29 is 18.7 Å². The van der Waals surface area contributed by atoms with Gasteiger partial charge in [-0.15, -0.1) is 0 Å². The molecular weight excluding hydrogens is 382 g/mol. The largest absolute Gasteiger partial charge is 0.464 e. The number of rotatable bonds is 4. The van der Waals surface area contributed by atoms with Crippen LogP contribution in [0.1, 0.15) is 23.1 Å². The van der Waals surface area contributed by atoms with Gasteiger partial charge in [0.2, 0.25) is 11.8 Å². The van der Waals surface area contributed by atoms with E-state index in [-0.39, 0.29) is 11.8 Å². The van der Waals surface area contributed by atoms with Crippen molar-refractivity contribution in [1.82, 2.24) is 14.7 Å². The Labute approximate surface area is 176 Å². The molecule has 2 aliphatic heterocycles. The molecule has 0 spiro atoms. The maximum Gasteiger partial charge on any atom is 0.236 e. The number of amides is 2. The predicted octanol–water partition coefficient (Wildman–Crippen LogP) is 1.47. The molecule has 7 heteroatoms. The highest BCUT2D eigenvalue weighted by Crippen LogP contribution is 2.30. The average Bonchev–Trinajstić information content (AvgIpc) is 3.39. The lowest BCUT2D eigenvalue weighted by atomic mass is 10.0. The number of fused-ring (bicyclic) bond motifs is 2. The lowest BCUT2D eigenvalue weighted by Gasteiger charge is -2.36. The Hall–Kier alpha value is -2.38. The summed E-state index contributed by atoms with van der Waals surface area (Å²) in [7, 11) is 0. The van der Waals surface area contributed by atoms with Crippen molar-refractivity contribution in [2.45, 2.75) is 25.7 Å². The molecule has 1 aromatic heterocycles. The van der Waals surface area contributed by atoms with Gasteiger partial charge in [-0.05, 0) is 42.5 Å². The zero-order chi connectivity index (χ0) is 20.5. The van der Waals surface area contributed by atoms with Crippen LogP contribution in [-0.2, 0) is 33.6 Å². The first kappa shape index (κ1) is 19.6. The lowest BCUT2D eigenvalue weighted by molar-refractivity contribution is -0.137. The normalized spacial score (nSPS) is 20.0. The van der Waals surface area contributed by atoms with Crippen LogP contribution in [0.15, 0.2) is 22.8 Å². The number of benzene rings is 1. The Balaban J connectivity index is 1.15. The van der Waals surface area contributed by atoms with Crippen LogP contribution in [0.4, 0.5) is 0 Å². The molecule has 5 rings (SSSR count). The molecule has 3 aliphatic rings. The summed E-state index contributed by atoms with van der Waals surface area (Å²) < 4.78 is 11.1. The van der Waals surface area contributed by atoms with E-state index in [9.17, 15) is 9.59 Å². The van der Waals surface area contributed by atoms with E-state index in [1.807, 2.05) is 9.80 Å². The first-order chi connectivity index (χ1) is 14.7. The first-order valence-corrected chi connectivity index (χ1v) is 11.0. The number of piperazine rings is 1. The third-order valence-corrected chi connectivity index (χ3v) is 6.66. The lowest BCUT2D eigenvalue weighted by Crippen LogP contribution is -2.52. The number of hydrogen-bond donors (Lipinski definition) is 0. The molecule has 160 valence electrons. The molecule has 1 aliphatic carbocycles.